The Labute approximate surface area is 125 Å². The summed E-state index contributed by atoms with van der Waals surface area (Å²) in [4.78, 5) is 20.8. The van der Waals surface area contributed by atoms with Gasteiger partial charge in [-0.1, -0.05) is 0 Å². The summed E-state index contributed by atoms with van der Waals surface area (Å²) in [5.41, 5.74) is -0.423. The molecule has 0 fully saturated rings. The molecule has 0 amide bonds. The lowest BCUT2D eigenvalue weighted by atomic mass is 10.3. The largest absolute Gasteiger partial charge is 0.479 e. The lowest BCUT2D eigenvalue weighted by molar-refractivity contribution is -0.386. The van der Waals surface area contributed by atoms with Gasteiger partial charge in [0.2, 0.25) is 11.5 Å². The van der Waals surface area contributed by atoms with E-state index < -0.39 is 22.4 Å². The van der Waals surface area contributed by atoms with Gasteiger partial charge in [0.25, 0.3) is 0 Å². The Morgan fingerprint density at radius 2 is 2.19 bits per heavy atom. The quantitative estimate of drug-likeness (QED) is 0.648. The molecule has 0 saturated heterocycles. The summed E-state index contributed by atoms with van der Waals surface area (Å²) < 4.78 is 23.4. The molecule has 0 radical (unpaired) electrons. The van der Waals surface area contributed by atoms with Crippen molar-refractivity contribution in [2.24, 2.45) is 0 Å². The fourth-order valence-electron chi connectivity index (χ4n) is 1.50. The average molecular weight is 360 g/mol. The Morgan fingerprint density at radius 1 is 1.48 bits per heavy atom. The summed E-state index contributed by atoms with van der Waals surface area (Å²) in [5.74, 6) is -2.40. The summed E-state index contributed by atoms with van der Waals surface area (Å²) in [7, 11) is 0. The molecule has 2 rings (SSSR count). The molecule has 0 aliphatic carbocycles. The molecule has 0 aliphatic heterocycles. The minimum absolute atomic E-state index is 0.0623. The minimum Gasteiger partial charge on any atom is -0.479 e. The van der Waals surface area contributed by atoms with Crippen molar-refractivity contribution >= 4 is 27.6 Å². The molecule has 21 heavy (non-hydrogen) atoms. The van der Waals surface area contributed by atoms with E-state index in [9.17, 15) is 19.3 Å². The number of carbonyl (C=O) groups is 1. The number of carboxylic acids is 1. The number of furan rings is 1. The summed E-state index contributed by atoms with van der Waals surface area (Å²) in [6.07, 6.45) is 0. The van der Waals surface area contributed by atoms with Gasteiger partial charge in [-0.15, -0.1) is 0 Å². The zero-order chi connectivity index (χ0) is 15.6. The van der Waals surface area contributed by atoms with Gasteiger partial charge < -0.3 is 14.3 Å². The van der Waals surface area contributed by atoms with Crippen molar-refractivity contribution in [3.05, 3.63) is 56.2 Å². The number of halogens is 2. The van der Waals surface area contributed by atoms with E-state index in [2.05, 4.69) is 15.9 Å². The smallest absolute Gasteiger partial charge is 0.371 e. The molecule has 9 heteroatoms. The Hall–Kier alpha value is -2.42. The van der Waals surface area contributed by atoms with Crippen LogP contribution in [0.4, 0.5) is 10.1 Å². The Balaban J connectivity index is 2.20. The SMILES string of the molecule is O=C(O)c1ccc(COc2cc(F)c(Br)cc2[N+](=O)[O-])o1. The minimum atomic E-state index is -1.25. The van der Waals surface area contributed by atoms with Crippen LogP contribution in [0.2, 0.25) is 0 Å². The molecular weight excluding hydrogens is 353 g/mol. The average Bonchev–Trinajstić information content (AvgIpc) is 2.88. The van der Waals surface area contributed by atoms with E-state index in [1.54, 1.807) is 0 Å². The first kappa shape index (κ1) is 15.0. The highest BCUT2D eigenvalue weighted by molar-refractivity contribution is 9.10. The van der Waals surface area contributed by atoms with Crippen LogP contribution in [-0.4, -0.2) is 16.0 Å². The van der Waals surface area contributed by atoms with E-state index in [0.717, 1.165) is 12.1 Å². The Bertz CT molecular complexity index is 714. The maximum Gasteiger partial charge on any atom is 0.371 e. The van der Waals surface area contributed by atoms with Crippen LogP contribution < -0.4 is 4.74 Å². The molecule has 2 aromatic rings. The molecule has 0 atom stereocenters. The van der Waals surface area contributed by atoms with Crippen molar-refractivity contribution in [2.45, 2.75) is 6.61 Å². The molecule has 1 aromatic carbocycles. The first-order valence-electron chi connectivity index (χ1n) is 5.46. The first-order valence-corrected chi connectivity index (χ1v) is 6.26. The molecular formula is C12H7BrFNO6. The molecule has 1 heterocycles. The Morgan fingerprint density at radius 3 is 2.76 bits per heavy atom. The van der Waals surface area contributed by atoms with Gasteiger partial charge in [-0.25, -0.2) is 9.18 Å². The summed E-state index contributed by atoms with van der Waals surface area (Å²) >= 11 is 2.85. The maximum atomic E-state index is 13.4. The fraction of sp³-hybridized carbons (Fsp3) is 0.0833. The predicted molar refractivity (Wildman–Crippen MR) is 70.8 cm³/mol. The van der Waals surface area contributed by atoms with Gasteiger partial charge in [-0.3, -0.25) is 10.1 Å². The van der Waals surface area contributed by atoms with Gasteiger partial charge in [0.05, 0.1) is 9.40 Å². The van der Waals surface area contributed by atoms with Crippen LogP contribution in [0.1, 0.15) is 16.3 Å². The lowest BCUT2D eigenvalue weighted by Gasteiger charge is -2.06. The van der Waals surface area contributed by atoms with Crippen LogP contribution in [0.25, 0.3) is 0 Å². The number of hydrogen-bond donors (Lipinski definition) is 1. The third kappa shape index (κ3) is 3.37. The number of ether oxygens (including phenoxy) is 1. The topological polar surface area (TPSA) is 103 Å². The van der Waals surface area contributed by atoms with Crippen molar-refractivity contribution in [3.8, 4) is 5.75 Å². The summed E-state index contributed by atoms with van der Waals surface area (Å²) in [5, 5.41) is 19.6. The maximum absolute atomic E-state index is 13.4. The van der Waals surface area contributed by atoms with Gasteiger partial charge in [-0.2, -0.15) is 0 Å². The number of carboxylic acid groups (broad SMARTS) is 1. The van der Waals surface area contributed by atoms with Crippen molar-refractivity contribution in [1.29, 1.82) is 0 Å². The van der Waals surface area contributed by atoms with Crippen LogP contribution in [0.15, 0.2) is 33.2 Å². The number of aromatic carboxylic acids is 1. The number of hydrogen-bond acceptors (Lipinski definition) is 5. The van der Waals surface area contributed by atoms with Gasteiger partial charge in [-0.05, 0) is 28.1 Å². The molecule has 0 aliphatic rings. The van der Waals surface area contributed by atoms with E-state index in [-0.39, 0.29) is 28.3 Å². The Kier molecular flexibility index (Phi) is 4.22. The predicted octanol–water partition coefficient (Wildman–Crippen LogP) is 3.37. The van der Waals surface area contributed by atoms with Gasteiger partial charge in [0, 0.05) is 12.1 Å². The fourth-order valence-corrected chi connectivity index (χ4v) is 1.83. The zero-order valence-electron chi connectivity index (χ0n) is 10.2. The van der Waals surface area contributed by atoms with Crippen LogP contribution >= 0.6 is 15.9 Å². The van der Waals surface area contributed by atoms with Crippen molar-refractivity contribution < 1.29 is 28.4 Å². The second-order valence-electron chi connectivity index (χ2n) is 3.85. The van der Waals surface area contributed by atoms with E-state index in [1.165, 1.54) is 12.1 Å². The lowest BCUT2D eigenvalue weighted by Crippen LogP contribution is -2.00. The van der Waals surface area contributed by atoms with Gasteiger partial charge in [0.1, 0.15) is 18.2 Å². The highest BCUT2D eigenvalue weighted by atomic mass is 79.9. The third-order valence-electron chi connectivity index (χ3n) is 2.44. The summed E-state index contributed by atoms with van der Waals surface area (Å²) in [6.45, 7) is -0.269. The normalized spacial score (nSPS) is 10.4. The molecule has 1 N–H and O–H groups in total. The van der Waals surface area contributed by atoms with E-state index in [1.807, 2.05) is 0 Å². The standard InChI is InChI=1S/C12H7BrFNO6/c13-7-3-9(15(18)19)11(4-8(7)14)20-5-6-1-2-10(21-6)12(16)17/h1-4H,5H2,(H,16,17). The number of nitrogens with zero attached hydrogens (tertiary/aromatic N) is 1. The van der Waals surface area contributed by atoms with E-state index in [4.69, 9.17) is 14.3 Å². The molecule has 0 saturated carbocycles. The van der Waals surface area contributed by atoms with E-state index in [0.29, 0.717) is 0 Å². The van der Waals surface area contributed by atoms with Crippen LogP contribution in [0.3, 0.4) is 0 Å². The number of rotatable bonds is 5. The van der Waals surface area contributed by atoms with Crippen molar-refractivity contribution in [2.75, 3.05) is 0 Å². The molecule has 0 bridgehead atoms. The molecule has 110 valence electrons. The molecule has 7 nitrogen and oxygen atoms in total. The third-order valence-corrected chi connectivity index (χ3v) is 3.05. The van der Waals surface area contributed by atoms with Crippen LogP contribution in [-0.2, 0) is 6.61 Å². The van der Waals surface area contributed by atoms with Crippen LogP contribution in [0.5, 0.6) is 5.75 Å². The highest BCUT2D eigenvalue weighted by Gasteiger charge is 2.19. The number of nitro groups is 1. The number of nitro benzene ring substituents is 1. The van der Waals surface area contributed by atoms with Crippen LogP contribution in [0, 0.1) is 15.9 Å². The van der Waals surface area contributed by atoms with Gasteiger partial charge in [0.15, 0.2) is 0 Å². The molecule has 0 unspecified atom stereocenters. The second kappa shape index (κ2) is 5.92. The molecule has 0 spiro atoms. The van der Waals surface area contributed by atoms with Gasteiger partial charge >= 0.3 is 11.7 Å². The number of benzene rings is 1. The first-order chi connectivity index (χ1) is 9.88. The second-order valence-corrected chi connectivity index (χ2v) is 4.71. The molecule has 1 aromatic heterocycles. The van der Waals surface area contributed by atoms with Crippen molar-refractivity contribution in [3.63, 3.8) is 0 Å². The highest BCUT2D eigenvalue weighted by Crippen LogP contribution is 2.33. The van der Waals surface area contributed by atoms with E-state index >= 15 is 0 Å². The monoisotopic (exact) mass is 359 g/mol. The van der Waals surface area contributed by atoms with Crippen molar-refractivity contribution in [1.82, 2.24) is 0 Å². The zero-order valence-corrected chi connectivity index (χ0v) is 11.8. The summed E-state index contributed by atoms with van der Waals surface area (Å²) in [6, 6.07) is 4.42.